The highest BCUT2D eigenvalue weighted by atomic mass is 16.5. The van der Waals surface area contributed by atoms with Gasteiger partial charge in [-0.25, -0.2) is 0 Å². The predicted molar refractivity (Wildman–Crippen MR) is 53.6 cm³/mol. The Morgan fingerprint density at radius 1 is 1.46 bits per heavy atom. The van der Waals surface area contributed by atoms with Crippen LogP contribution in [0.2, 0.25) is 0 Å². The first kappa shape index (κ1) is 12.4. The van der Waals surface area contributed by atoms with Gasteiger partial charge in [0.05, 0.1) is 7.11 Å². The monoisotopic (exact) mass is 187 g/mol. The lowest BCUT2D eigenvalue weighted by Crippen LogP contribution is -2.50. The van der Waals surface area contributed by atoms with Gasteiger partial charge in [-0.1, -0.05) is 26.7 Å². The van der Waals surface area contributed by atoms with E-state index in [9.17, 15) is 4.79 Å². The van der Waals surface area contributed by atoms with Gasteiger partial charge in [0, 0.05) is 0 Å². The maximum atomic E-state index is 11.5. The number of ether oxygens (including phenoxy) is 1. The van der Waals surface area contributed by atoms with Crippen molar-refractivity contribution in [3.8, 4) is 0 Å². The predicted octanol–water partition coefficient (Wildman–Crippen LogP) is 1.72. The molecule has 0 aromatic carbocycles. The number of nitrogens with one attached hydrogen (secondary N) is 1. The molecule has 0 aliphatic carbocycles. The zero-order valence-corrected chi connectivity index (χ0v) is 9.14. The minimum absolute atomic E-state index is 0.147. The van der Waals surface area contributed by atoms with Crippen LogP contribution in [0.3, 0.4) is 0 Å². The number of unbranched alkanes of at least 4 members (excludes halogenated alkanes) is 1. The second-order valence-corrected chi connectivity index (χ2v) is 3.28. The van der Waals surface area contributed by atoms with Gasteiger partial charge in [-0.15, -0.1) is 0 Å². The lowest BCUT2D eigenvalue weighted by molar-refractivity contribution is -0.149. The van der Waals surface area contributed by atoms with E-state index in [-0.39, 0.29) is 5.97 Å². The summed E-state index contributed by atoms with van der Waals surface area (Å²) >= 11 is 0. The first-order valence-corrected chi connectivity index (χ1v) is 4.94. The van der Waals surface area contributed by atoms with Crippen LogP contribution in [0.4, 0.5) is 0 Å². The van der Waals surface area contributed by atoms with Gasteiger partial charge >= 0.3 is 5.97 Å². The second-order valence-electron chi connectivity index (χ2n) is 3.28. The van der Waals surface area contributed by atoms with Gasteiger partial charge in [-0.3, -0.25) is 4.79 Å². The van der Waals surface area contributed by atoms with Crippen molar-refractivity contribution in [2.45, 2.75) is 45.1 Å². The molecule has 0 radical (unpaired) electrons. The first-order valence-electron chi connectivity index (χ1n) is 4.94. The highest BCUT2D eigenvalue weighted by molar-refractivity contribution is 5.80. The summed E-state index contributed by atoms with van der Waals surface area (Å²) < 4.78 is 4.79. The van der Waals surface area contributed by atoms with Crippen LogP contribution in [0.25, 0.3) is 0 Å². The molecule has 3 nitrogen and oxygen atoms in total. The number of hydrogen-bond acceptors (Lipinski definition) is 3. The Morgan fingerprint density at radius 3 is 2.38 bits per heavy atom. The summed E-state index contributed by atoms with van der Waals surface area (Å²) in [4.78, 5) is 11.5. The lowest BCUT2D eigenvalue weighted by atomic mass is 9.90. The molecule has 13 heavy (non-hydrogen) atoms. The van der Waals surface area contributed by atoms with Gasteiger partial charge in [-0.05, 0) is 19.9 Å². The second kappa shape index (κ2) is 5.97. The Bertz CT molecular complexity index is 153. The fourth-order valence-electron chi connectivity index (χ4n) is 1.50. The average Bonchev–Trinajstić information content (AvgIpc) is 2.19. The molecule has 0 aliphatic heterocycles. The normalized spacial score (nSPS) is 15.1. The molecule has 0 bridgehead atoms. The maximum absolute atomic E-state index is 11.5. The SMILES string of the molecule is CCCCC(CC)(NC)C(=O)OC. The van der Waals surface area contributed by atoms with Crippen molar-refractivity contribution < 1.29 is 9.53 Å². The molecular weight excluding hydrogens is 166 g/mol. The van der Waals surface area contributed by atoms with E-state index in [2.05, 4.69) is 12.2 Å². The van der Waals surface area contributed by atoms with Crippen LogP contribution < -0.4 is 5.32 Å². The van der Waals surface area contributed by atoms with Crippen LogP contribution in [0, 0.1) is 0 Å². The van der Waals surface area contributed by atoms with E-state index in [1.165, 1.54) is 7.11 Å². The number of hydrogen-bond donors (Lipinski definition) is 1. The molecule has 0 spiro atoms. The highest BCUT2D eigenvalue weighted by Gasteiger charge is 2.35. The molecule has 0 aromatic heterocycles. The summed E-state index contributed by atoms with van der Waals surface area (Å²) in [7, 11) is 3.26. The summed E-state index contributed by atoms with van der Waals surface area (Å²) in [6.07, 6.45) is 3.77. The van der Waals surface area contributed by atoms with Crippen LogP contribution in [0.15, 0.2) is 0 Å². The molecule has 0 aliphatic rings. The van der Waals surface area contributed by atoms with Gasteiger partial charge in [0.1, 0.15) is 5.54 Å². The summed E-state index contributed by atoms with van der Waals surface area (Å²) in [5.41, 5.74) is -0.468. The van der Waals surface area contributed by atoms with Crippen LogP contribution in [-0.4, -0.2) is 25.7 Å². The van der Waals surface area contributed by atoms with Crippen LogP contribution in [-0.2, 0) is 9.53 Å². The molecule has 0 saturated carbocycles. The number of carbonyl (C=O) groups excluding carboxylic acids is 1. The third-order valence-electron chi connectivity index (χ3n) is 2.62. The fourth-order valence-corrected chi connectivity index (χ4v) is 1.50. The highest BCUT2D eigenvalue weighted by Crippen LogP contribution is 2.19. The summed E-state index contributed by atoms with van der Waals surface area (Å²) in [5.74, 6) is -0.147. The Balaban J connectivity index is 4.39. The van der Waals surface area contributed by atoms with Gasteiger partial charge in [-0.2, -0.15) is 0 Å². The van der Waals surface area contributed by atoms with E-state index in [4.69, 9.17) is 4.74 Å². The molecule has 0 fully saturated rings. The minimum atomic E-state index is -0.468. The number of carbonyl (C=O) groups is 1. The van der Waals surface area contributed by atoms with Crippen molar-refractivity contribution in [2.75, 3.05) is 14.2 Å². The molecule has 78 valence electrons. The molecule has 1 unspecified atom stereocenters. The van der Waals surface area contributed by atoms with Crippen molar-refractivity contribution in [2.24, 2.45) is 0 Å². The van der Waals surface area contributed by atoms with Crippen molar-refractivity contribution >= 4 is 5.97 Å². The Labute approximate surface area is 80.8 Å². The van der Waals surface area contributed by atoms with Crippen molar-refractivity contribution in [1.82, 2.24) is 5.32 Å². The third kappa shape index (κ3) is 2.99. The zero-order valence-electron chi connectivity index (χ0n) is 9.14. The third-order valence-corrected chi connectivity index (χ3v) is 2.62. The van der Waals surface area contributed by atoms with Crippen LogP contribution >= 0.6 is 0 Å². The van der Waals surface area contributed by atoms with Gasteiger partial charge in [0.15, 0.2) is 0 Å². The Morgan fingerprint density at radius 2 is 2.08 bits per heavy atom. The molecule has 0 amide bonds. The van der Waals surface area contributed by atoms with Crippen LogP contribution in [0.5, 0.6) is 0 Å². The van der Waals surface area contributed by atoms with E-state index >= 15 is 0 Å². The Hall–Kier alpha value is -0.570. The number of rotatable bonds is 6. The Kier molecular flexibility index (Phi) is 5.71. The van der Waals surface area contributed by atoms with E-state index in [0.717, 1.165) is 25.7 Å². The first-order chi connectivity index (χ1) is 6.16. The molecule has 0 aromatic rings. The molecule has 0 heterocycles. The quantitative estimate of drug-likeness (QED) is 0.643. The van der Waals surface area contributed by atoms with Gasteiger partial charge in [0.25, 0.3) is 0 Å². The lowest BCUT2D eigenvalue weighted by Gasteiger charge is -2.29. The van der Waals surface area contributed by atoms with Crippen molar-refractivity contribution in [3.05, 3.63) is 0 Å². The number of likely N-dealkylation sites (N-methyl/N-ethyl adjacent to an activating group) is 1. The summed E-state index contributed by atoms with van der Waals surface area (Å²) in [6, 6.07) is 0. The average molecular weight is 187 g/mol. The van der Waals surface area contributed by atoms with Crippen molar-refractivity contribution in [1.29, 1.82) is 0 Å². The van der Waals surface area contributed by atoms with Gasteiger partial charge in [0.2, 0.25) is 0 Å². The van der Waals surface area contributed by atoms with E-state index in [1.807, 2.05) is 14.0 Å². The minimum Gasteiger partial charge on any atom is -0.468 e. The zero-order chi connectivity index (χ0) is 10.3. The largest absolute Gasteiger partial charge is 0.468 e. The molecule has 3 heteroatoms. The van der Waals surface area contributed by atoms with E-state index in [1.54, 1.807) is 0 Å². The van der Waals surface area contributed by atoms with Gasteiger partial charge < -0.3 is 10.1 Å². The molecular formula is C10H21NO2. The number of esters is 1. The molecule has 1 N–H and O–H groups in total. The number of methoxy groups -OCH3 is 1. The summed E-state index contributed by atoms with van der Waals surface area (Å²) in [5, 5.41) is 3.08. The molecule has 0 saturated heterocycles. The summed E-state index contributed by atoms with van der Waals surface area (Å²) in [6.45, 7) is 4.12. The van der Waals surface area contributed by atoms with Crippen molar-refractivity contribution in [3.63, 3.8) is 0 Å². The standard InChI is InChI=1S/C10H21NO2/c1-5-7-8-10(6-2,11-3)9(12)13-4/h11H,5-8H2,1-4H3. The molecule has 0 rings (SSSR count). The van der Waals surface area contributed by atoms with Crippen LogP contribution in [0.1, 0.15) is 39.5 Å². The maximum Gasteiger partial charge on any atom is 0.326 e. The fraction of sp³-hybridized carbons (Fsp3) is 0.900. The van der Waals surface area contributed by atoms with E-state index in [0.29, 0.717) is 0 Å². The van der Waals surface area contributed by atoms with E-state index < -0.39 is 5.54 Å². The molecule has 1 atom stereocenters. The topological polar surface area (TPSA) is 38.3 Å². The smallest absolute Gasteiger partial charge is 0.326 e.